The van der Waals surface area contributed by atoms with Crippen LogP contribution in [0.4, 0.5) is 13.2 Å². The number of halogens is 3. The van der Waals surface area contributed by atoms with E-state index in [9.17, 15) is 21.6 Å². The molecule has 1 aromatic rings. The van der Waals surface area contributed by atoms with Crippen molar-refractivity contribution in [2.75, 3.05) is 0 Å². The summed E-state index contributed by atoms with van der Waals surface area (Å²) in [5.74, 6) is -0.488. The lowest BCUT2D eigenvalue weighted by Gasteiger charge is -2.20. The third-order valence-electron chi connectivity index (χ3n) is 2.79. The van der Waals surface area contributed by atoms with Gasteiger partial charge in [0.1, 0.15) is 0 Å². The first-order chi connectivity index (χ1) is 8.09. The highest BCUT2D eigenvalue weighted by atomic mass is 32.2. The lowest BCUT2D eigenvalue weighted by Crippen LogP contribution is -2.28. The molecule has 18 heavy (non-hydrogen) atoms. The van der Waals surface area contributed by atoms with E-state index in [1.54, 1.807) is 13.8 Å². The van der Waals surface area contributed by atoms with Gasteiger partial charge >= 0.3 is 5.51 Å². The van der Waals surface area contributed by atoms with E-state index in [0.29, 0.717) is 0 Å². The first-order valence-corrected chi connectivity index (χ1v) is 6.73. The molecule has 0 saturated heterocycles. The van der Waals surface area contributed by atoms with Crippen LogP contribution in [-0.2, 0) is 9.84 Å². The average Bonchev–Trinajstić information content (AvgIpc) is 2.26. The maximum atomic E-state index is 12.5. The van der Waals surface area contributed by atoms with Gasteiger partial charge in [-0.25, -0.2) is 8.42 Å². The number of hydrogen-bond donors (Lipinski definition) is 1. The first-order valence-electron chi connectivity index (χ1n) is 5.25. The third-order valence-corrected chi connectivity index (χ3v) is 4.35. The third kappa shape index (κ3) is 2.67. The van der Waals surface area contributed by atoms with Crippen molar-refractivity contribution in [3.63, 3.8) is 0 Å². The minimum absolute atomic E-state index is 0.0878. The molecule has 0 bridgehead atoms. The van der Waals surface area contributed by atoms with Gasteiger partial charge in [0, 0.05) is 6.04 Å². The summed E-state index contributed by atoms with van der Waals surface area (Å²) in [5, 5.41) is 0. The summed E-state index contributed by atoms with van der Waals surface area (Å²) >= 11 is 0. The van der Waals surface area contributed by atoms with Crippen molar-refractivity contribution in [3.05, 3.63) is 29.8 Å². The molecule has 0 radical (unpaired) electrons. The molecule has 0 aliphatic rings. The molecule has 2 unspecified atom stereocenters. The molecule has 0 aliphatic heterocycles. The first kappa shape index (κ1) is 15.0. The van der Waals surface area contributed by atoms with Crippen LogP contribution in [-0.4, -0.2) is 20.0 Å². The Kier molecular flexibility index (Phi) is 4.07. The molecule has 3 nitrogen and oxygen atoms in total. The number of alkyl halides is 3. The van der Waals surface area contributed by atoms with E-state index < -0.39 is 32.2 Å². The van der Waals surface area contributed by atoms with Gasteiger partial charge in [-0.1, -0.05) is 25.1 Å². The van der Waals surface area contributed by atoms with E-state index >= 15 is 0 Å². The van der Waals surface area contributed by atoms with Gasteiger partial charge in [-0.05, 0) is 24.5 Å². The van der Waals surface area contributed by atoms with Crippen LogP contribution in [0.2, 0.25) is 0 Å². The molecular weight excluding hydrogens is 267 g/mol. The Morgan fingerprint density at radius 1 is 1.17 bits per heavy atom. The fourth-order valence-corrected chi connectivity index (χ4v) is 2.58. The Morgan fingerprint density at radius 2 is 1.67 bits per heavy atom. The Morgan fingerprint density at radius 3 is 2.11 bits per heavy atom. The molecule has 7 heteroatoms. The predicted molar refractivity (Wildman–Crippen MR) is 61.7 cm³/mol. The summed E-state index contributed by atoms with van der Waals surface area (Å²) < 4.78 is 60.5. The van der Waals surface area contributed by atoms with Crippen molar-refractivity contribution < 1.29 is 21.6 Å². The van der Waals surface area contributed by atoms with Gasteiger partial charge in [0.05, 0.1) is 4.90 Å². The summed E-state index contributed by atoms with van der Waals surface area (Å²) in [6.45, 7) is 3.21. The van der Waals surface area contributed by atoms with E-state index in [0.717, 1.165) is 6.07 Å². The minimum atomic E-state index is -5.34. The minimum Gasteiger partial charge on any atom is -0.327 e. The van der Waals surface area contributed by atoms with Crippen LogP contribution < -0.4 is 5.73 Å². The van der Waals surface area contributed by atoms with Crippen LogP contribution in [0.15, 0.2) is 29.2 Å². The second kappa shape index (κ2) is 4.89. The standard InChI is InChI=1S/C11H14F3NO2S/c1-7(8(2)15)9-5-3-4-6-10(9)18(16,17)11(12,13)14/h3-8H,15H2,1-2H3. The second-order valence-corrected chi connectivity index (χ2v) is 6.04. The number of sulfone groups is 1. The summed E-state index contributed by atoms with van der Waals surface area (Å²) in [5.41, 5.74) is 0.396. The average molecular weight is 281 g/mol. The number of hydrogen-bond acceptors (Lipinski definition) is 3. The fourth-order valence-electron chi connectivity index (χ4n) is 1.51. The molecule has 2 N–H and O–H groups in total. The molecular formula is C11H14F3NO2S. The quantitative estimate of drug-likeness (QED) is 0.925. The molecule has 0 saturated carbocycles. The lowest BCUT2D eigenvalue weighted by molar-refractivity contribution is -0.0436. The molecule has 1 aromatic carbocycles. The SMILES string of the molecule is CC(N)C(C)c1ccccc1S(=O)(=O)C(F)(F)F. The van der Waals surface area contributed by atoms with Crippen LogP contribution in [0.5, 0.6) is 0 Å². The van der Waals surface area contributed by atoms with Gasteiger partial charge in [-0.3, -0.25) is 0 Å². The van der Waals surface area contributed by atoms with Gasteiger partial charge in [0.25, 0.3) is 9.84 Å². The largest absolute Gasteiger partial charge is 0.501 e. The maximum absolute atomic E-state index is 12.5. The van der Waals surface area contributed by atoms with E-state index in [-0.39, 0.29) is 5.56 Å². The number of rotatable bonds is 3. The smallest absolute Gasteiger partial charge is 0.327 e. The van der Waals surface area contributed by atoms with Crippen molar-refractivity contribution >= 4 is 9.84 Å². The molecule has 1 rings (SSSR count). The van der Waals surface area contributed by atoms with Gasteiger partial charge in [-0.2, -0.15) is 13.2 Å². The highest BCUT2D eigenvalue weighted by Crippen LogP contribution is 2.35. The van der Waals surface area contributed by atoms with Crippen molar-refractivity contribution in [2.24, 2.45) is 5.73 Å². The van der Waals surface area contributed by atoms with E-state index in [4.69, 9.17) is 5.73 Å². The van der Waals surface area contributed by atoms with Crippen LogP contribution in [0.25, 0.3) is 0 Å². The second-order valence-electron chi connectivity index (χ2n) is 4.13. The zero-order valence-electron chi connectivity index (χ0n) is 9.90. The summed E-state index contributed by atoms with van der Waals surface area (Å²) in [6, 6.07) is 4.61. The van der Waals surface area contributed by atoms with Crippen LogP contribution in [0, 0.1) is 0 Å². The molecule has 2 atom stereocenters. The molecule has 0 heterocycles. The highest BCUT2D eigenvalue weighted by Gasteiger charge is 2.48. The Hall–Kier alpha value is -1.08. The van der Waals surface area contributed by atoms with Crippen LogP contribution in [0.3, 0.4) is 0 Å². The van der Waals surface area contributed by atoms with Gasteiger partial charge in [0.15, 0.2) is 0 Å². The maximum Gasteiger partial charge on any atom is 0.501 e. The topological polar surface area (TPSA) is 60.2 Å². The normalized spacial score (nSPS) is 16.3. The monoisotopic (exact) mass is 281 g/mol. The van der Waals surface area contributed by atoms with E-state index in [1.165, 1.54) is 18.2 Å². The van der Waals surface area contributed by atoms with Gasteiger partial charge in [-0.15, -0.1) is 0 Å². The van der Waals surface area contributed by atoms with Crippen molar-refractivity contribution in [2.45, 2.75) is 36.2 Å². The number of benzene rings is 1. The van der Waals surface area contributed by atoms with Gasteiger partial charge in [0.2, 0.25) is 0 Å². The summed E-state index contributed by atoms with van der Waals surface area (Å²) in [6.07, 6.45) is 0. The summed E-state index contributed by atoms with van der Waals surface area (Å²) in [7, 11) is -5.34. The van der Waals surface area contributed by atoms with Crippen molar-refractivity contribution in [1.82, 2.24) is 0 Å². The van der Waals surface area contributed by atoms with Crippen molar-refractivity contribution in [3.8, 4) is 0 Å². The van der Waals surface area contributed by atoms with Gasteiger partial charge < -0.3 is 5.73 Å². The molecule has 0 fully saturated rings. The Bertz CT molecular complexity index is 523. The zero-order chi connectivity index (χ0) is 14.1. The van der Waals surface area contributed by atoms with Crippen molar-refractivity contribution in [1.29, 1.82) is 0 Å². The molecule has 102 valence electrons. The van der Waals surface area contributed by atoms with Crippen LogP contribution >= 0.6 is 0 Å². The molecule has 0 amide bonds. The number of nitrogens with two attached hydrogens (primary N) is 1. The molecule has 0 spiro atoms. The molecule has 0 aliphatic carbocycles. The summed E-state index contributed by atoms with van der Waals surface area (Å²) in [4.78, 5) is -0.720. The predicted octanol–water partition coefficient (Wildman–Crippen LogP) is 2.43. The Labute approximate surface area is 104 Å². The lowest BCUT2D eigenvalue weighted by atomic mass is 9.95. The molecule has 0 aromatic heterocycles. The zero-order valence-corrected chi connectivity index (χ0v) is 10.7. The van der Waals surface area contributed by atoms with Crippen LogP contribution in [0.1, 0.15) is 25.3 Å². The highest BCUT2D eigenvalue weighted by molar-refractivity contribution is 7.92. The van der Waals surface area contributed by atoms with E-state index in [1.807, 2.05) is 0 Å². The Balaban J connectivity index is 3.45. The fraction of sp³-hybridized carbons (Fsp3) is 0.455. The van der Waals surface area contributed by atoms with E-state index in [2.05, 4.69) is 0 Å².